The molecule has 7 heteroatoms. The number of aliphatic hydroxyl groups is 2. The minimum atomic E-state index is -1.08. The summed E-state index contributed by atoms with van der Waals surface area (Å²) in [5.74, 6) is 0.233. The van der Waals surface area contributed by atoms with E-state index in [1.807, 2.05) is 0 Å². The van der Waals surface area contributed by atoms with Crippen molar-refractivity contribution in [3.63, 3.8) is 0 Å². The number of rotatable bonds is 6. The summed E-state index contributed by atoms with van der Waals surface area (Å²) < 4.78 is 7.09. The van der Waals surface area contributed by atoms with Gasteiger partial charge in [-0.25, -0.2) is 0 Å². The zero-order valence-electron chi connectivity index (χ0n) is 11.1. The number of aromatic nitrogens is 2. The number of aliphatic hydroxyl groups excluding tert-OH is 2. The van der Waals surface area contributed by atoms with Gasteiger partial charge in [0.05, 0.1) is 25.3 Å². The van der Waals surface area contributed by atoms with Crippen LogP contribution in [0.2, 0.25) is 0 Å². The van der Waals surface area contributed by atoms with Crippen LogP contribution in [0, 0.1) is 0 Å². The van der Waals surface area contributed by atoms with E-state index >= 15 is 0 Å². The lowest BCUT2D eigenvalue weighted by atomic mass is 10.1. The van der Waals surface area contributed by atoms with Gasteiger partial charge in [-0.15, -0.1) is 0 Å². The third-order valence-corrected chi connectivity index (χ3v) is 2.88. The third kappa shape index (κ3) is 3.25. The maximum atomic E-state index is 11.9. The van der Waals surface area contributed by atoms with Crippen molar-refractivity contribution in [2.75, 3.05) is 13.2 Å². The van der Waals surface area contributed by atoms with Gasteiger partial charge in [0.25, 0.3) is 5.91 Å². The first kappa shape index (κ1) is 14.3. The van der Waals surface area contributed by atoms with Gasteiger partial charge in [-0.05, 0) is 25.1 Å². The van der Waals surface area contributed by atoms with E-state index < -0.39 is 11.4 Å². The van der Waals surface area contributed by atoms with Crippen molar-refractivity contribution < 1.29 is 19.4 Å². The molecule has 2 heterocycles. The van der Waals surface area contributed by atoms with Crippen molar-refractivity contribution in [3.05, 3.63) is 42.1 Å². The van der Waals surface area contributed by atoms with Gasteiger partial charge in [0.1, 0.15) is 5.76 Å². The molecule has 2 aromatic heterocycles. The summed E-state index contributed by atoms with van der Waals surface area (Å²) in [6, 6.07) is 5.03. The summed E-state index contributed by atoms with van der Waals surface area (Å²) in [6.07, 6.45) is 3.45. The zero-order chi connectivity index (χ0) is 14.6. The molecule has 0 aliphatic heterocycles. The summed E-state index contributed by atoms with van der Waals surface area (Å²) in [5.41, 5.74) is -1.08. The molecule has 0 aromatic carbocycles. The van der Waals surface area contributed by atoms with Gasteiger partial charge in [0.2, 0.25) is 0 Å². The molecule has 0 saturated heterocycles. The van der Waals surface area contributed by atoms with Crippen molar-refractivity contribution in [1.29, 1.82) is 0 Å². The van der Waals surface area contributed by atoms with Crippen LogP contribution in [0.5, 0.6) is 0 Å². The maximum absolute atomic E-state index is 11.9. The Bertz CT molecular complexity index is 558. The van der Waals surface area contributed by atoms with Gasteiger partial charge < -0.3 is 19.9 Å². The fraction of sp³-hybridized carbons (Fsp3) is 0.385. The molecule has 2 aromatic rings. The van der Waals surface area contributed by atoms with Crippen LogP contribution in [0.15, 0.2) is 35.0 Å². The maximum Gasteiger partial charge on any atom is 0.287 e. The molecule has 20 heavy (non-hydrogen) atoms. The van der Waals surface area contributed by atoms with E-state index in [2.05, 4.69) is 10.4 Å². The fourth-order valence-electron chi connectivity index (χ4n) is 1.60. The Morgan fingerprint density at radius 3 is 2.80 bits per heavy atom. The van der Waals surface area contributed by atoms with Crippen LogP contribution in [0.25, 0.3) is 0 Å². The van der Waals surface area contributed by atoms with E-state index in [0.717, 1.165) is 0 Å². The molecule has 0 atom stereocenters. The van der Waals surface area contributed by atoms with Crippen LogP contribution in [0.3, 0.4) is 0 Å². The number of carbonyl (C=O) groups is 1. The van der Waals surface area contributed by atoms with E-state index in [-0.39, 0.29) is 19.0 Å². The summed E-state index contributed by atoms with van der Waals surface area (Å²) in [5, 5.41) is 24.8. The normalized spacial score (nSPS) is 11.6. The molecule has 3 N–H and O–H groups in total. The molecule has 0 unspecified atom stereocenters. The molecular weight excluding hydrogens is 262 g/mol. The number of amides is 1. The molecule has 0 saturated carbocycles. The summed E-state index contributed by atoms with van der Waals surface area (Å²) in [4.78, 5) is 11.9. The number of hydrogen-bond acceptors (Lipinski definition) is 5. The van der Waals surface area contributed by atoms with Crippen molar-refractivity contribution in [2.45, 2.75) is 19.0 Å². The smallest absolute Gasteiger partial charge is 0.287 e. The molecule has 2 rings (SSSR count). The number of nitrogens with one attached hydrogen (secondary N) is 1. The van der Waals surface area contributed by atoms with Crippen molar-refractivity contribution in [1.82, 2.24) is 15.1 Å². The van der Waals surface area contributed by atoms with E-state index in [4.69, 9.17) is 14.6 Å². The highest BCUT2D eigenvalue weighted by atomic mass is 16.4. The second-order valence-corrected chi connectivity index (χ2v) is 4.80. The lowest BCUT2D eigenvalue weighted by molar-refractivity contribution is 0.0699. The van der Waals surface area contributed by atoms with Crippen molar-refractivity contribution in [3.8, 4) is 0 Å². The van der Waals surface area contributed by atoms with Crippen LogP contribution in [-0.4, -0.2) is 44.7 Å². The third-order valence-electron chi connectivity index (χ3n) is 2.88. The minimum Gasteiger partial charge on any atom is -0.454 e. The standard InChI is InChI=1S/C13H17N3O4/c1-13(8-17,9-18)15-12(19)11-4-3-10(20-11)7-16-6-2-5-14-16/h2-6,17-18H,7-9H2,1H3,(H,15,19). The Balaban J connectivity index is 2.03. The summed E-state index contributed by atoms with van der Waals surface area (Å²) in [6.45, 7) is 1.24. The van der Waals surface area contributed by atoms with E-state index in [1.165, 1.54) is 0 Å². The highest BCUT2D eigenvalue weighted by Gasteiger charge is 2.26. The average molecular weight is 279 g/mol. The summed E-state index contributed by atoms with van der Waals surface area (Å²) >= 11 is 0. The predicted octanol–water partition coefficient (Wildman–Crippen LogP) is -0.00250. The Labute approximate surface area is 115 Å². The van der Waals surface area contributed by atoms with Gasteiger partial charge in [0.15, 0.2) is 5.76 Å². The molecule has 0 fully saturated rings. The first-order chi connectivity index (χ1) is 9.56. The van der Waals surface area contributed by atoms with Gasteiger partial charge in [-0.3, -0.25) is 9.48 Å². The molecule has 0 bridgehead atoms. The van der Waals surface area contributed by atoms with Gasteiger partial charge in [-0.1, -0.05) is 0 Å². The van der Waals surface area contributed by atoms with Crippen molar-refractivity contribution in [2.24, 2.45) is 0 Å². The summed E-state index contributed by atoms with van der Waals surface area (Å²) in [7, 11) is 0. The number of hydrogen-bond donors (Lipinski definition) is 3. The fourth-order valence-corrected chi connectivity index (χ4v) is 1.60. The largest absolute Gasteiger partial charge is 0.454 e. The lowest BCUT2D eigenvalue weighted by Gasteiger charge is -2.25. The Morgan fingerprint density at radius 2 is 2.20 bits per heavy atom. The molecular formula is C13H17N3O4. The molecule has 1 amide bonds. The van der Waals surface area contributed by atoms with Crippen LogP contribution in [0.1, 0.15) is 23.2 Å². The Kier molecular flexibility index (Phi) is 4.21. The lowest BCUT2D eigenvalue weighted by Crippen LogP contribution is -2.51. The highest BCUT2D eigenvalue weighted by Crippen LogP contribution is 2.11. The van der Waals surface area contributed by atoms with Gasteiger partial charge in [-0.2, -0.15) is 5.10 Å². The van der Waals surface area contributed by atoms with Crippen molar-refractivity contribution >= 4 is 5.91 Å². The Morgan fingerprint density at radius 1 is 1.45 bits per heavy atom. The molecule has 108 valence electrons. The van der Waals surface area contributed by atoms with Crippen LogP contribution in [-0.2, 0) is 6.54 Å². The zero-order valence-corrected chi connectivity index (χ0v) is 11.1. The van der Waals surface area contributed by atoms with E-state index in [1.54, 1.807) is 42.2 Å². The second-order valence-electron chi connectivity index (χ2n) is 4.80. The predicted molar refractivity (Wildman–Crippen MR) is 70.1 cm³/mol. The Hall–Kier alpha value is -2.12. The molecule has 7 nitrogen and oxygen atoms in total. The number of carbonyl (C=O) groups excluding carboxylic acids is 1. The van der Waals surface area contributed by atoms with Gasteiger partial charge in [0, 0.05) is 12.4 Å². The molecule has 0 aliphatic rings. The number of furan rings is 1. The molecule has 0 spiro atoms. The first-order valence-electron chi connectivity index (χ1n) is 6.17. The van der Waals surface area contributed by atoms with Crippen LogP contribution >= 0.6 is 0 Å². The van der Waals surface area contributed by atoms with Crippen LogP contribution < -0.4 is 5.32 Å². The SMILES string of the molecule is CC(CO)(CO)NC(=O)c1ccc(Cn2cccn2)o1. The minimum absolute atomic E-state index is 0.125. The van der Waals surface area contributed by atoms with Gasteiger partial charge >= 0.3 is 0 Å². The quantitative estimate of drug-likeness (QED) is 0.691. The first-order valence-corrected chi connectivity index (χ1v) is 6.17. The average Bonchev–Trinajstić information content (AvgIpc) is 3.10. The second kappa shape index (κ2) is 5.89. The van der Waals surface area contributed by atoms with E-state index in [9.17, 15) is 4.79 Å². The molecule has 0 radical (unpaired) electrons. The van der Waals surface area contributed by atoms with E-state index in [0.29, 0.717) is 12.3 Å². The number of nitrogens with zero attached hydrogens (tertiary/aromatic N) is 2. The van der Waals surface area contributed by atoms with Crippen LogP contribution in [0.4, 0.5) is 0 Å². The molecule has 0 aliphatic carbocycles. The topological polar surface area (TPSA) is 101 Å². The monoisotopic (exact) mass is 279 g/mol. The highest BCUT2D eigenvalue weighted by molar-refractivity contribution is 5.92.